The van der Waals surface area contributed by atoms with Crippen molar-refractivity contribution in [2.45, 2.75) is 52.1 Å². The Morgan fingerprint density at radius 3 is 2.78 bits per heavy atom. The second-order valence-corrected chi connectivity index (χ2v) is 8.14. The molecule has 2 aliphatic heterocycles. The molecule has 0 N–H and O–H groups in total. The van der Waals surface area contributed by atoms with Crippen molar-refractivity contribution < 1.29 is 4.74 Å². The molecule has 0 aromatic carbocycles. The van der Waals surface area contributed by atoms with Gasteiger partial charge in [-0.3, -0.25) is 23.7 Å². The fourth-order valence-corrected chi connectivity index (χ4v) is 3.99. The summed E-state index contributed by atoms with van der Waals surface area (Å²) in [5, 5.41) is 8.59. The van der Waals surface area contributed by atoms with Crippen LogP contribution in [0.1, 0.15) is 31.7 Å². The van der Waals surface area contributed by atoms with Crippen molar-refractivity contribution >= 4 is 0 Å². The van der Waals surface area contributed by atoms with Crippen molar-refractivity contribution in [2.75, 3.05) is 13.1 Å². The van der Waals surface area contributed by atoms with Crippen LogP contribution in [0.2, 0.25) is 0 Å². The lowest BCUT2D eigenvalue weighted by atomic mass is 10.0. The lowest BCUT2D eigenvalue weighted by molar-refractivity contribution is -0.0859. The first-order chi connectivity index (χ1) is 12.8. The maximum absolute atomic E-state index is 12.6. The number of rotatable bonds is 4. The average molecular weight is 374 g/mol. The van der Waals surface area contributed by atoms with E-state index >= 15 is 0 Å². The summed E-state index contributed by atoms with van der Waals surface area (Å²) in [4.78, 5) is 27.3. The first-order valence-electron chi connectivity index (χ1n) is 9.40. The Kier molecular flexibility index (Phi) is 4.51. The van der Waals surface area contributed by atoms with Gasteiger partial charge < -0.3 is 4.74 Å². The maximum atomic E-state index is 12.6. The monoisotopic (exact) mass is 374 g/mol. The fourth-order valence-electron chi connectivity index (χ4n) is 3.99. The Bertz CT molecular complexity index is 959. The highest BCUT2D eigenvalue weighted by atomic mass is 16.5. The smallest absolute Gasteiger partial charge is 0.332 e. The zero-order valence-corrected chi connectivity index (χ0v) is 16.1. The second kappa shape index (κ2) is 6.72. The summed E-state index contributed by atoms with van der Waals surface area (Å²) in [7, 11) is 1.90. The highest BCUT2D eigenvalue weighted by Crippen LogP contribution is 2.31. The standard InChI is InChI=1S/C18H26N6O3/c1-13(2)7-24-17(26)16(25)23-12-18(27-10-15(23)20-24)4-5-22(11-18)9-14-6-19-21(3)8-14/h6,8,13H,4-5,7,9-12H2,1-3H3. The number of hydrogen-bond donors (Lipinski definition) is 0. The van der Waals surface area contributed by atoms with E-state index < -0.39 is 16.7 Å². The molecule has 146 valence electrons. The van der Waals surface area contributed by atoms with E-state index in [0.29, 0.717) is 18.9 Å². The molecule has 2 aliphatic rings. The van der Waals surface area contributed by atoms with Gasteiger partial charge in [-0.25, -0.2) is 4.68 Å². The molecular weight excluding hydrogens is 348 g/mol. The molecule has 1 unspecified atom stereocenters. The topological polar surface area (TPSA) is 87.2 Å². The molecule has 2 aromatic heterocycles. The molecule has 0 aliphatic carbocycles. The first-order valence-corrected chi connectivity index (χ1v) is 9.40. The zero-order valence-electron chi connectivity index (χ0n) is 16.1. The van der Waals surface area contributed by atoms with Crippen LogP contribution in [0, 0.1) is 5.92 Å². The quantitative estimate of drug-likeness (QED) is 0.699. The molecule has 9 nitrogen and oxygen atoms in total. The van der Waals surface area contributed by atoms with Crippen LogP contribution in [0.15, 0.2) is 22.0 Å². The van der Waals surface area contributed by atoms with Gasteiger partial charge in [-0.15, -0.1) is 0 Å². The lowest BCUT2D eigenvalue weighted by Crippen LogP contribution is -2.53. The molecule has 1 fully saturated rings. The maximum Gasteiger partial charge on any atom is 0.332 e. The third kappa shape index (κ3) is 3.49. The normalized spacial score (nSPS) is 22.7. The number of hydrogen-bond acceptors (Lipinski definition) is 6. The van der Waals surface area contributed by atoms with Crippen molar-refractivity contribution in [3.8, 4) is 0 Å². The highest BCUT2D eigenvalue weighted by Gasteiger charge is 2.43. The molecular formula is C18H26N6O3. The van der Waals surface area contributed by atoms with Crippen LogP contribution < -0.4 is 11.1 Å². The predicted molar refractivity (Wildman–Crippen MR) is 98.2 cm³/mol. The van der Waals surface area contributed by atoms with Crippen LogP contribution in [0.3, 0.4) is 0 Å². The van der Waals surface area contributed by atoms with Crippen LogP contribution in [0.5, 0.6) is 0 Å². The minimum absolute atomic E-state index is 0.240. The lowest BCUT2D eigenvalue weighted by Gasteiger charge is -2.35. The van der Waals surface area contributed by atoms with Gasteiger partial charge >= 0.3 is 11.1 Å². The molecule has 1 saturated heterocycles. The second-order valence-electron chi connectivity index (χ2n) is 8.14. The van der Waals surface area contributed by atoms with Crippen LogP contribution in [-0.4, -0.2) is 47.7 Å². The van der Waals surface area contributed by atoms with Gasteiger partial charge in [0.05, 0.1) is 12.7 Å². The Morgan fingerprint density at radius 2 is 2.07 bits per heavy atom. The summed E-state index contributed by atoms with van der Waals surface area (Å²) < 4.78 is 10.8. The Morgan fingerprint density at radius 1 is 1.26 bits per heavy atom. The van der Waals surface area contributed by atoms with E-state index in [1.165, 1.54) is 9.25 Å². The van der Waals surface area contributed by atoms with Crippen LogP contribution in [0.25, 0.3) is 0 Å². The number of ether oxygens (including phenoxy) is 1. The number of aryl methyl sites for hydroxylation is 1. The highest BCUT2D eigenvalue weighted by molar-refractivity contribution is 5.06. The number of aromatic nitrogens is 5. The molecule has 2 aromatic rings. The van der Waals surface area contributed by atoms with Crippen molar-refractivity contribution in [2.24, 2.45) is 13.0 Å². The number of likely N-dealkylation sites (tertiary alicyclic amines) is 1. The average Bonchev–Trinajstić information content (AvgIpc) is 3.20. The largest absolute Gasteiger partial charge is 0.364 e. The minimum atomic E-state index is -0.547. The summed E-state index contributed by atoms with van der Waals surface area (Å²) in [6, 6.07) is 0. The molecule has 4 heterocycles. The fraction of sp³-hybridized carbons (Fsp3) is 0.667. The van der Waals surface area contributed by atoms with Crippen LogP contribution >= 0.6 is 0 Å². The molecule has 9 heteroatoms. The third-order valence-corrected chi connectivity index (χ3v) is 5.26. The minimum Gasteiger partial charge on any atom is -0.364 e. The van der Waals surface area contributed by atoms with Gasteiger partial charge in [-0.2, -0.15) is 10.2 Å². The van der Waals surface area contributed by atoms with Crippen molar-refractivity contribution in [1.29, 1.82) is 0 Å². The van der Waals surface area contributed by atoms with E-state index in [0.717, 1.165) is 31.6 Å². The molecule has 27 heavy (non-hydrogen) atoms. The Hall–Kier alpha value is -2.26. The Balaban J connectivity index is 1.54. The van der Waals surface area contributed by atoms with E-state index in [-0.39, 0.29) is 12.5 Å². The van der Waals surface area contributed by atoms with Crippen molar-refractivity contribution in [3.05, 3.63) is 44.5 Å². The number of nitrogens with zero attached hydrogens (tertiary/aromatic N) is 6. The molecule has 0 bridgehead atoms. The van der Waals surface area contributed by atoms with E-state index in [4.69, 9.17) is 4.74 Å². The van der Waals surface area contributed by atoms with Gasteiger partial charge in [0.2, 0.25) is 0 Å². The van der Waals surface area contributed by atoms with Crippen molar-refractivity contribution in [3.63, 3.8) is 0 Å². The van der Waals surface area contributed by atoms with E-state index in [9.17, 15) is 9.59 Å². The van der Waals surface area contributed by atoms with E-state index in [1.807, 2.05) is 33.3 Å². The van der Waals surface area contributed by atoms with Gasteiger partial charge in [0.1, 0.15) is 12.2 Å². The predicted octanol–water partition coefficient (Wildman–Crippen LogP) is -0.0306. The summed E-state index contributed by atoms with van der Waals surface area (Å²) in [5.41, 5.74) is -0.317. The molecule has 0 saturated carbocycles. The summed E-state index contributed by atoms with van der Waals surface area (Å²) in [6.45, 7) is 7.47. The SMILES string of the molecule is CC(C)Cn1nc2n(c(=O)c1=O)CC1(CCN(Cc3cnn(C)c3)C1)OC2. The van der Waals surface area contributed by atoms with Gasteiger partial charge in [-0.1, -0.05) is 13.8 Å². The van der Waals surface area contributed by atoms with Gasteiger partial charge in [0.15, 0.2) is 5.82 Å². The van der Waals surface area contributed by atoms with Gasteiger partial charge in [-0.05, 0) is 12.3 Å². The van der Waals surface area contributed by atoms with Gasteiger partial charge in [0, 0.05) is 45.0 Å². The summed E-state index contributed by atoms with van der Waals surface area (Å²) >= 11 is 0. The van der Waals surface area contributed by atoms with E-state index in [1.54, 1.807) is 4.68 Å². The number of fused-ring (bicyclic) bond motifs is 1. The molecule has 0 radical (unpaired) electrons. The van der Waals surface area contributed by atoms with Crippen molar-refractivity contribution in [1.82, 2.24) is 29.0 Å². The first kappa shape index (κ1) is 18.1. The molecule has 0 amide bonds. The van der Waals surface area contributed by atoms with Crippen LogP contribution in [-0.2, 0) is 38.0 Å². The van der Waals surface area contributed by atoms with Crippen LogP contribution in [0.4, 0.5) is 0 Å². The summed E-state index contributed by atoms with van der Waals surface area (Å²) in [5.74, 6) is 0.779. The molecule has 1 atom stereocenters. The summed E-state index contributed by atoms with van der Waals surface area (Å²) in [6.07, 6.45) is 4.70. The van der Waals surface area contributed by atoms with E-state index in [2.05, 4.69) is 15.1 Å². The van der Waals surface area contributed by atoms with Gasteiger partial charge in [0.25, 0.3) is 0 Å². The Labute approximate surface area is 157 Å². The molecule has 4 rings (SSSR count). The molecule has 1 spiro atoms. The third-order valence-electron chi connectivity index (χ3n) is 5.26. The zero-order chi connectivity index (χ0) is 19.2.